The van der Waals surface area contributed by atoms with Gasteiger partial charge in [0.15, 0.2) is 5.69 Å². The van der Waals surface area contributed by atoms with Crippen LogP contribution < -0.4 is 0 Å². The topological polar surface area (TPSA) is 44.1 Å². The zero-order valence-electron chi connectivity index (χ0n) is 9.26. The van der Waals surface area contributed by atoms with Crippen molar-refractivity contribution in [3.63, 3.8) is 0 Å². The maximum atomic E-state index is 11.4. The molecule has 0 fully saturated rings. The Morgan fingerprint density at radius 2 is 2.29 bits per heavy atom. The molecule has 17 heavy (non-hydrogen) atoms. The highest BCUT2D eigenvalue weighted by atomic mass is 79.9. The highest BCUT2D eigenvalue weighted by Gasteiger charge is 2.10. The Labute approximate surface area is 107 Å². The average Bonchev–Trinajstić information content (AvgIpc) is 2.78. The number of hydrogen-bond acceptors (Lipinski definition) is 3. The molecule has 0 atom stereocenters. The Morgan fingerprint density at radius 1 is 1.47 bits per heavy atom. The predicted octanol–water partition coefficient (Wildman–Crippen LogP) is 2.81. The zero-order chi connectivity index (χ0) is 12.3. The minimum atomic E-state index is -0.402. The summed E-state index contributed by atoms with van der Waals surface area (Å²) in [5.74, 6) is -0.402. The Balaban J connectivity index is 2.27. The van der Waals surface area contributed by atoms with Gasteiger partial charge in [0, 0.05) is 10.7 Å². The van der Waals surface area contributed by atoms with E-state index in [0.29, 0.717) is 12.3 Å². The smallest absolute Gasteiger partial charge is 0.358 e. The Bertz CT molecular complexity index is 537. The lowest BCUT2D eigenvalue weighted by Crippen LogP contribution is -2.06. The SMILES string of the molecule is CCOC(=O)c1ccn(-c2cccc(Br)c2)n1. The molecule has 0 spiro atoms. The number of benzene rings is 1. The van der Waals surface area contributed by atoms with Crippen molar-refractivity contribution in [1.82, 2.24) is 9.78 Å². The first-order chi connectivity index (χ1) is 8.20. The number of carbonyl (C=O) groups excluding carboxylic acids is 1. The molecule has 4 nitrogen and oxygen atoms in total. The molecular weight excluding hydrogens is 284 g/mol. The van der Waals surface area contributed by atoms with E-state index in [1.54, 1.807) is 23.9 Å². The predicted molar refractivity (Wildman–Crippen MR) is 67.2 cm³/mol. The van der Waals surface area contributed by atoms with Gasteiger partial charge in [-0.1, -0.05) is 22.0 Å². The third kappa shape index (κ3) is 2.74. The highest BCUT2D eigenvalue weighted by molar-refractivity contribution is 9.10. The lowest BCUT2D eigenvalue weighted by molar-refractivity contribution is 0.0519. The van der Waals surface area contributed by atoms with Gasteiger partial charge >= 0.3 is 5.97 Å². The fourth-order valence-electron chi connectivity index (χ4n) is 1.40. The number of carbonyl (C=O) groups is 1. The molecule has 0 saturated heterocycles. The van der Waals surface area contributed by atoms with Gasteiger partial charge in [0.25, 0.3) is 0 Å². The van der Waals surface area contributed by atoms with Crippen LogP contribution in [-0.2, 0) is 4.74 Å². The number of aromatic nitrogens is 2. The van der Waals surface area contributed by atoms with Crippen molar-refractivity contribution in [3.05, 3.63) is 46.7 Å². The van der Waals surface area contributed by atoms with E-state index in [1.807, 2.05) is 24.3 Å². The van der Waals surface area contributed by atoms with Gasteiger partial charge in [0.05, 0.1) is 12.3 Å². The van der Waals surface area contributed by atoms with E-state index in [1.165, 1.54) is 0 Å². The quantitative estimate of drug-likeness (QED) is 0.818. The van der Waals surface area contributed by atoms with Gasteiger partial charge < -0.3 is 4.74 Å². The van der Waals surface area contributed by atoms with Crippen LogP contribution in [0, 0.1) is 0 Å². The zero-order valence-corrected chi connectivity index (χ0v) is 10.8. The van der Waals surface area contributed by atoms with Gasteiger partial charge in [-0.05, 0) is 31.2 Å². The van der Waals surface area contributed by atoms with Crippen molar-refractivity contribution in [3.8, 4) is 5.69 Å². The molecule has 0 aliphatic carbocycles. The first kappa shape index (κ1) is 11.9. The number of halogens is 1. The highest BCUT2D eigenvalue weighted by Crippen LogP contribution is 2.15. The van der Waals surface area contributed by atoms with E-state index >= 15 is 0 Å². The summed E-state index contributed by atoms with van der Waals surface area (Å²) in [5.41, 5.74) is 1.20. The van der Waals surface area contributed by atoms with Crippen molar-refractivity contribution in [2.24, 2.45) is 0 Å². The Hall–Kier alpha value is -1.62. The summed E-state index contributed by atoms with van der Waals surface area (Å²) in [6.45, 7) is 2.12. The molecule has 0 unspecified atom stereocenters. The monoisotopic (exact) mass is 294 g/mol. The van der Waals surface area contributed by atoms with Crippen molar-refractivity contribution in [2.75, 3.05) is 6.61 Å². The summed E-state index contributed by atoms with van der Waals surface area (Å²) in [6, 6.07) is 9.30. The third-order valence-electron chi connectivity index (χ3n) is 2.15. The Kier molecular flexibility index (Phi) is 3.58. The molecule has 0 saturated carbocycles. The van der Waals surface area contributed by atoms with Crippen LogP contribution in [0.1, 0.15) is 17.4 Å². The van der Waals surface area contributed by atoms with Crippen LogP contribution in [-0.4, -0.2) is 22.4 Å². The summed E-state index contributed by atoms with van der Waals surface area (Å²) in [5, 5.41) is 4.16. The molecule has 1 heterocycles. The summed E-state index contributed by atoms with van der Waals surface area (Å²) >= 11 is 3.39. The third-order valence-corrected chi connectivity index (χ3v) is 2.64. The van der Waals surface area contributed by atoms with E-state index in [9.17, 15) is 4.79 Å². The fraction of sp³-hybridized carbons (Fsp3) is 0.167. The first-order valence-electron chi connectivity index (χ1n) is 5.19. The number of nitrogens with zero attached hydrogens (tertiary/aromatic N) is 2. The Morgan fingerprint density at radius 3 is 3.00 bits per heavy atom. The van der Waals surface area contributed by atoms with E-state index in [2.05, 4.69) is 21.0 Å². The standard InChI is InChI=1S/C12H11BrN2O2/c1-2-17-12(16)11-6-7-15(14-11)10-5-3-4-9(13)8-10/h3-8H,2H2,1H3. The van der Waals surface area contributed by atoms with Gasteiger partial charge in [0.2, 0.25) is 0 Å². The summed E-state index contributed by atoms with van der Waals surface area (Å²) in [7, 11) is 0. The lowest BCUT2D eigenvalue weighted by Gasteiger charge is -2.01. The van der Waals surface area contributed by atoms with Gasteiger partial charge in [-0.25, -0.2) is 9.48 Å². The van der Waals surface area contributed by atoms with Gasteiger partial charge in [-0.2, -0.15) is 5.10 Å². The largest absolute Gasteiger partial charge is 0.461 e. The molecule has 0 aliphatic heterocycles. The molecule has 2 rings (SSSR count). The number of rotatable bonds is 3. The first-order valence-corrected chi connectivity index (χ1v) is 5.98. The van der Waals surface area contributed by atoms with Crippen LogP contribution in [0.3, 0.4) is 0 Å². The van der Waals surface area contributed by atoms with Crippen LogP contribution >= 0.6 is 15.9 Å². The van der Waals surface area contributed by atoms with E-state index in [4.69, 9.17) is 4.74 Å². The molecule has 1 aromatic carbocycles. The normalized spacial score (nSPS) is 10.2. The fourth-order valence-corrected chi connectivity index (χ4v) is 1.79. The molecule has 0 radical (unpaired) electrons. The molecule has 5 heteroatoms. The van der Waals surface area contributed by atoms with Crippen LogP contribution in [0.4, 0.5) is 0 Å². The second-order valence-corrected chi connectivity index (χ2v) is 4.26. The molecular formula is C12H11BrN2O2. The number of ether oxygens (including phenoxy) is 1. The summed E-state index contributed by atoms with van der Waals surface area (Å²) < 4.78 is 7.47. The maximum absolute atomic E-state index is 11.4. The van der Waals surface area contributed by atoms with E-state index in [-0.39, 0.29) is 0 Å². The maximum Gasteiger partial charge on any atom is 0.358 e. The van der Waals surface area contributed by atoms with E-state index < -0.39 is 5.97 Å². The molecule has 0 aliphatic rings. The van der Waals surface area contributed by atoms with Gasteiger partial charge in [0.1, 0.15) is 0 Å². The minimum Gasteiger partial charge on any atom is -0.461 e. The van der Waals surface area contributed by atoms with Crippen molar-refractivity contribution >= 4 is 21.9 Å². The average molecular weight is 295 g/mol. The molecule has 2 aromatic rings. The van der Waals surface area contributed by atoms with Crippen molar-refractivity contribution < 1.29 is 9.53 Å². The van der Waals surface area contributed by atoms with Crippen LogP contribution in [0.2, 0.25) is 0 Å². The second kappa shape index (κ2) is 5.14. The number of hydrogen-bond donors (Lipinski definition) is 0. The van der Waals surface area contributed by atoms with Crippen molar-refractivity contribution in [1.29, 1.82) is 0 Å². The molecule has 1 aromatic heterocycles. The summed E-state index contributed by atoms with van der Waals surface area (Å²) in [4.78, 5) is 11.4. The van der Waals surface area contributed by atoms with Crippen LogP contribution in [0.5, 0.6) is 0 Å². The molecule has 88 valence electrons. The molecule has 0 N–H and O–H groups in total. The molecule has 0 bridgehead atoms. The number of esters is 1. The minimum absolute atomic E-state index is 0.312. The van der Waals surface area contributed by atoms with E-state index in [0.717, 1.165) is 10.2 Å². The van der Waals surface area contributed by atoms with Crippen LogP contribution in [0.15, 0.2) is 41.0 Å². The summed E-state index contributed by atoms with van der Waals surface area (Å²) in [6.07, 6.45) is 1.73. The van der Waals surface area contributed by atoms with Gasteiger partial charge in [-0.15, -0.1) is 0 Å². The van der Waals surface area contributed by atoms with Gasteiger partial charge in [-0.3, -0.25) is 0 Å². The van der Waals surface area contributed by atoms with Crippen molar-refractivity contribution in [2.45, 2.75) is 6.92 Å². The second-order valence-electron chi connectivity index (χ2n) is 3.35. The lowest BCUT2D eigenvalue weighted by atomic mass is 10.3. The molecule has 0 amide bonds. The van der Waals surface area contributed by atoms with Crippen LogP contribution in [0.25, 0.3) is 5.69 Å².